The van der Waals surface area contributed by atoms with Gasteiger partial charge in [0.15, 0.2) is 18.9 Å². The number of benzene rings is 1. The number of hydrogen-bond acceptors (Lipinski definition) is 4. The Labute approximate surface area is 182 Å². The van der Waals surface area contributed by atoms with E-state index in [4.69, 9.17) is 11.1 Å². The molecular weight excluding hydrogens is 396 g/mol. The number of pyridine rings is 1. The van der Waals surface area contributed by atoms with Gasteiger partial charge in [-0.05, 0) is 59.9 Å². The van der Waals surface area contributed by atoms with E-state index < -0.39 is 0 Å². The van der Waals surface area contributed by atoms with Gasteiger partial charge in [-0.25, -0.2) is 4.57 Å². The molecule has 1 aliphatic rings. The van der Waals surface area contributed by atoms with Crippen LogP contribution in [0.2, 0.25) is 0 Å². The van der Waals surface area contributed by atoms with Gasteiger partial charge in [0.2, 0.25) is 0 Å². The van der Waals surface area contributed by atoms with Crippen molar-refractivity contribution >= 4 is 34.3 Å². The van der Waals surface area contributed by atoms with Gasteiger partial charge in [0.05, 0.1) is 19.0 Å². The zero-order chi connectivity index (χ0) is 21.3. The van der Waals surface area contributed by atoms with Crippen molar-refractivity contribution in [2.45, 2.75) is 25.8 Å². The molecule has 1 aliphatic carbocycles. The van der Waals surface area contributed by atoms with Crippen molar-refractivity contribution < 1.29 is 20.2 Å². The van der Waals surface area contributed by atoms with Crippen LogP contribution in [0.25, 0.3) is 11.6 Å². The van der Waals surface area contributed by atoms with Gasteiger partial charge in [-0.3, -0.25) is 11.1 Å². The lowest BCUT2D eigenvalue weighted by molar-refractivity contribution is -0.692. The molecule has 6 nitrogen and oxygen atoms in total. The summed E-state index contributed by atoms with van der Waals surface area (Å²) in [4.78, 5) is 1.99. The number of hydrogen-bond donors (Lipinski definition) is 4. The average Bonchev–Trinajstić information content (AvgIpc) is 2.74. The van der Waals surface area contributed by atoms with E-state index in [1.807, 2.05) is 4.90 Å². The molecule has 0 bridgehead atoms. The Kier molecular flexibility index (Phi) is 8.30. The predicted octanol–water partition coefficient (Wildman–Crippen LogP) is 0.449. The molecule has 6 N–H and O–H groups in total. The SMILES string of the molecule is NC(=[NH2+])SCC[n+]1ccc2c(c1)CCC/C2=C\c1ccc(N(CCO)CCO)cc1. The van der Waals surface area contributed by atoms with Gasteiger partial charge in [0.1, 0.15) is 0 Å². The minimum Gasteiger partial charge on any atom is -0.395 e. The fourth-order valence-corrected chi connectivity index (χ4v) is 4.40. The molecule has 0 aliphatic heterocycles. The largest absolute Gasteiger partial charge is 0.395 e. The quantitative estimate of drug-likeness (QED) is 0.264. The van der Waals surface area contributed by atoms with E-state index in [1.54, 1.807) is 0 Å². The van der Waals surface area contributed by atoms with Crippen LogP contribution in [-0.2, 0) is 13.0 Å². The normalized spacial score (nSPS) is 14.5. The Balaban J connectivity index is 1.74. The van der Waals surface area contributed by atoms with Crippen LogP contribution in [-0.4, -0.2) is 47.4 Å². The zero-order valence-corrected chi connectivity index (χ0v) is 18.2. The van der Waals surface area contributed by atoms with Gasteiger partial charge < -0.3 is 15.1 Å². The minimum absolute atomic E-state index is 0.0686. The maximum Gasteiger partial charge on any atom is 0.300 e. The van der Waals surface area contributed by atoms with Gasteiger partial charge in [-0.2, -0.15) is 0 Å². The van der Waals surface area contributed by atoms with Crippen LogP contribution in [0, 0.1) is 0 Å². The molecule has 1 aromatic heterocycles. The van der Waals surface area contributed by atoms with Crippen molar-refractivity contribution in [2.24, 2.45) is 5.73 Å². The van der Waals surface area contributed by atoms with Crippen LogP contribution in [0.3, 0.4) is 0 Å². The number of aryl methyl sites for hydroxylation is 2. The van der Waals surface area contributed by atoms with Gasteiger partial charge >= 0.3 is 0 Å². The monoisotopic (exact) mass is 428 g/mol. The van der Waals surface area contributed by atoms with Gasteiger partial charge in [-0.1, -0.05) is 18.2 Å². The van der Waals surface area contributed by atoms with Crippen LogP contribution < -0.4 is 20.6 Å². The third-order valence-electron chi connectivity index (χ3n) is 5.30. The number of fused-ring (bicyclic) bond motifs is 1. The molecule has 0 radical (unpaired) electrons. The maximum atomic E-state index is 9.23. The summed E-state index contributed by atoms with van der Waals surface area (Å²) in [5, 5.41) is 24.4. The van der Waals surface area contributed by atoms with Gasteiger partial charge in [-0.15, -0.1) is 0 Å². The number of anilines is 1. The highest BCUT2D eigenvalue weighted by atomic mass is 32.2. The molecule has 160 valence electrons. The molecule has 1 heterocycles. The van der Waals surface area contributed by atoms with E-state index in [-0.39, 0.29) is 13.2 Å². The fraction of sp³-hybridized carbons (Fsp3) is 0.391. The second kappa shape index (κ2) is 11.2. The van der Waals surface area contributed by atoms with E-state index in [0.717, 1.165) is 42.8 Å². The number of nitrogens with zero attached hydrogens (tertiary/aromatic N) is 2. The molecule has 2 aromatic rings. The Morgan fingerprint density at radius 2 is 1.87 bits per heavy atom. The van der Waals surface area contributed by atoms with Crippen LogP contribution >= 0.6 is 11.8 Å². The summed E-state index contributed by atoms with van der Waals surface area (Å²) in [5.41, 5.74) is 11.8. The highest BCUT2D eigenvalue weighted by molar-refractivity contribution is 8.13. The van der Waals surface area contributed by atoms with Crippen LogP contribution in [0.1, 0.15) is 29.5 Å². The van der Waals surface area contributed by atoms with Crippen molar-refractivity contribution in [3.8, 4) is 0 Å². The molecule has 0 atom stereocenters. The van der Waals surface area contributed by atoms with Crippen molar-refractivity contribution in [1.29, 1.82) is 0 Å². The summed E-state index contributed by atoms with van der Waals surface area (Å²) in [5.74, 6) is 0.865. The number of nitrogens with two attached hydrogens (primary N) is 2. The highest BCUT2D eigenvalue weighted by Crippen LogP contribution is 2.31. The lowest BCUT2D eigenvalue weighted by atomic mass is 9.87. The number of thioether (sulfide) groups is 1. The smallest absolute Gasteiger partial charge is 0.300 e. The van der Waals surface area contributed by atoms with Gasteiger partial charge in [0, 0.05) is 30.4 Å². The summed E-state index contributed by atoms with van der Waals surface area (Å²) in [6.07, 6.45) is 9.99. The molecule has 0 unspecified atom stereocenters. The number of amidine groups is 1. The third-order valence-corrected chi connectivity index (χ3v) is 6.02. The second-order valence-electron chi connectivity index (χ2n) is 7.42. The summed E-state index contributed by atoms with van der Waals surface area (Å²) in [6, 6.07) is 10.5. The summed E-state index contributed by atoms with van der Waals surface area (Å²) in [6.45, 7) is 2.05. The molecule has 0 saturated carbocycles. The molecular formula is C23H32N4O2S+2. The molecule has 1 aromatic carbocycles. The summed E-state index contributed by atoms with van der Waals surface area (Å²) < 4.78 is 2.21. The number of aromatic nitrogens is 1. The van der Waals surface area contributed by atoms with Crippen molar-refractivity contribution in [3.05, 3.63) is 59.4 Å². The molecule has 0 saturated heterocycles. The lowest BCUT2D eigenvalue weighted by Gasteiger charge is -2.23. The highest BCUT2D eigenvalue weighted by Gasteiger charge is 2.18. The van der Waals surface area contributed by atoms with Crippen LogP contribution in [0.5, 0.6) is 0 Å². The van der Waals surface area contributed by atoms with Crippen LogP contribution in [0.4, 0.5) is 5.69 Å². The Hall–Kier alpha value is -2.35. The molecule has 0 spiro atoms. The Morgan fingerprint density at radius 3 is 2.53 bits per heavy atom. The lowest BCUT2D eigenvalue weighted by Crippen LogP contribution is -2.44. The molecule has 0 fully saturated rings. The average molecular weight is 429 g/mol. The van der Waals surface area contributed by atoms with E-state index in [9.17, 15) is 10.2 Å². The number of rotatable bonds is 9. The molecule has 0 amide bonds. The molecule has 7 heteroatoms. The zero-order valence-electron chi connectivity index (χ0n) is 17.3. The van der Waals surface area contributed by atoms with E-state index >= 15 is 0 Å². The molecule has 3 rings (SSSR count). The molecule has 30 heavy (non-hydrogen) atoms. The number of aliphatic hydroxyl groups is 2. The van der Waals surface area contributed by atoms with Crippen LogP contribution in [0.15, 0.2) is 42.7 Å². The standard InChI is InChI=1S/C23H31N4O2S/c24-23(25)30-15-12-26-9-8-22-19(2-1-3-20(22)17-26)16-18-4-6-21(7-5-18)27(10-13-28)11-14-29/h4-9,16-17,28-29H,1-3,10-15H2,(H3,24,25)/q+1/p+1. The van der Waals surface area contributed by atoms with E-state index in [0.29, 0.717) is 18.3 Å². The first-order valence-corrected chi connectivity index (χ1v) is 11.4. The first kappa shape index (κ1) is 22.3. The minimum atomic E-state index is 0.0686. The summed E-state index contributed by atoms with van der Waals surface area (Å²) in [7, 11) is 0. The van der Waals surface area contributed by atoms with E-state index in [2.05, 4.69) is 53.4 Å². The first-order chi connectivity index (χ1) is 14.6. The van der Waals surface area contributed by atoms with E-state index in [1.165, 1.54) is 28.5 Å². The van der Waals surface area contributed by atoms with Gasteiger partial charge in [0.25, 0.3) is 5.17 Å². The maximum absolute atomic E-state index is 9.23. The van der Waals surface area contributed by atoms with Crippen molar-refractivity contribution in [1.82, 2.24) is 0 Å². The number of aliphatic hydroxyl groups excluding tert-OH is 2. The second-order valence-corrected chi connectivity index (χ2v) is 8.59. The topological polar surface area (TPSA) is 99.2 Å². The third kappa shape index (κ3) is 6.08. The number of allylic oxidation sites excluding steroid dienone is 1. The summed E-state index contributed by atoms with van der Waals surface area (Å²) >= 11 is 1.48. The Morgan fingerprint density at radius 1 is 1.13 bits per heavy atom. The van der Waals surface area contributed by atoms with Crippen molar-refractivity contribution in [2.75, 3.05) is 37.0 Å². The Bertz CT molecular complexity index is 877. The predicted molar refractivity (Wildman–Crippen MR) is 124 cm³/mol. The van der Waals surface area contributed by atoms with Crippen molar-refractivity contribution in [3.63, 3.8) is 0 Å². The first-order valence-electron chi connectivity index (χ1n) is 10.4. The fourth-order valence-electron chi connectivity index (χ4n) is 3.86.